The first-order valence-corrected chi connectivity index (χ1v) is 5.30. The Hall–Kier alpha value is -2.07. The molecule has 0 radical (unpaired) electrons. The monoisotopic (exact) mass is 246 g/mol. The second kappa shape index (κ2) is 3.46. The minimum absolute atomic E-state index is 0.208. The van der Waals surface area contributed by atoms with Crippen LogP contribution in [0.4, 0.5) is 0 Å². The number of hydrogen-bond donors (Lipinski definition) is 2. The van der Waals surface area contributed by atoms with Crippen molar-refractivity contribution in [1.29, 1.82) is 0 Å². The molecule has 3 rings (SSSR count). The molecule has 2 aromatic carbocycles. The summed E-state index contributed by atoms with van der Waals surface area (Å²) in [6.45, 7) is 0. The highest BCUT2D eigenvalue weighted by molar-refractivity contribution is 6.31. The van der Waals surface area contributed by atoms with Gasteiger partial charge in [-0.05, 0) is 18.2 Å². The van der Waals surface area contributed by atoms with Crippen molar-refractivity contribution in [1.82, 2.24) is 9.97 Å². The summed E-state index contributed by atoms with van der Waals surface area (Å²) in [4.78, 5) is 8.65. The van der Waals surface area contributed by atoms with Crippen molar-refractivity contribution >= 4 is 33.7 Å². The van der Waals surface area contributed by atoms with Gasteiger partial charge in [0, 0.05) is 17.2 Å². The average Bonchev–Trinajstić information content (AvgIpc) is 2.28. The number of rotatable bonds is 0. The van der Waals surface area contributed by atoms with Crippen LogP contribution in [-0.2, 0) is 0 Å². The molecule has 0 atom stereocenters. The second-order valence-electron chi connectivity index (χ2n) is 3.69. The lowest BCUT2D eigenvalue weighted by Crippen LogP contribution is -1.87. The summed E-state index contributed by atoms with van der Waals surface area (Å²) in [6, 6.07) is 7.94. The molecule has 1 heterocycles. The van der Waals surface area contributed by atoms with Crippen LogP contribution in [0.3, 0.4) is 0 Å². The van der Waals surface area contributed by atoms with E-state index in [2.05, 4.69) is 9.97 Å². The summed E-state index contributed by atoms with van der Waals surface area (Å²) in [5, 5.41) is 19.4. The van der Waals surface area contributed by atoms with Crippen LogP contribution >= 0.6 is 11.6 Å². The van der Waals surface area contributed by atoms with Crippen LogP contribution < -0.4 is 0 Å². The van der Waals surface area contributed by atoms with E-state index in [0.717, 1.165) is 0 Å². The molecule has 84 valence electrons. The van der Waals surface area contributed by atoms with E-state index in [-0.39, 0.29) is 11.5 Å². The molecular formula is C12H7ClN2O2. The molecule has 0 aliphatic carbocycles. The average molecular weight is 247 g/mol. The van der Waals surface area contributed by atoms with Crippen molar-refractivity contribution in [2.75, 3.05) is 0 Å². The van der Waals surface area contributed by atoms with E-state index in [1.807, 2.05) is 0 Å². The number of fused-ring (bicyclic) bond motifs is 2. The van der Waals surface area contributed by atoms with Crippen molar-refractivity contribution in [2.24, 2.45) is 0 Å². The Labute approximate surface area is 101 Å². The zero-order chi connectivity index (χ0) is 12.0. The zero-order valence-corrected chi connectivity index (χ0v) is 9.31. The van der Waals surface area contributed by atoms with Gasteiger partial charge >= 0.3 is 0 Å². The summed E-state index contributed by atoms with van der Waals surface area (Å²) in [7, 11) is 0. The third kappa shape index (κ3) is 1.62. The quantitative estimate of drug-likeness (QED) is 0.473. The molecule has 0 amide bonds. The normalized spacial score (nSPS) is 11.1. The van der Waals surface area contributed by atoms with Crippen molar-refractivity contribution in [3.05, 3.63) is 35.4 Å². The van der Waals surface area contributed by atoms with E-state index >= 15 is 0 Å². The summed E-state index contributed by atoms with van der Waals surface area (Å²) >= 11 is 5.87. The van der Waals surface area contributed by atoms with Gasteiger partial charge in [-0.2, -0.15) is 0 Å². The number of phenolic OH excluding ortho intramolecular Hbond substituents is 2. The van der Waals surface area contributed by atoms with Gasteiger partial charge in [0.2, 0.25) is 0 Å². The van der Waals surface area contributed by atoms with E-state index in [4.69, 9.17) is 11.6 Å². The molecule has 17 heavy (non-hydrogen) atoms. The van der Waals surface area contributed by atoms with Crippen molar-refractivity contribution in [3.63, 3.8) is 0 Å². The highest BCUT2D eigenvalue weighted by atomic mass is 35.5. The molecular weight excluding hydrogens is 240 g/mol. The fraction of sp³-hybridized carbons (Fsp3) is 0. The Balaban J connectivity index is 2.43. The molecule has 0 bridgehead atoms. The first-order chi connectivity index (χ1) is 8.13. The van der Waals surface area contributed by atoms with Gasteiger partial charge in [0.25, 0.3) is 0 Å². The molecule has 0 fully saturated rings. The third-order valence-corrected chi connectivity index (χ3v) is 2.73. The Morgan fingerprint density at radius 2 is 1.29 bits per heavy atom. The van der Waals surface area contributed by atoms with E-state index in [1.165, 1.54) is 12.1 Å². The zero-order valence-electron chi connectivity index (χ0n) is 8.55. The van der Waals surface area contributed by atoms with Crippen molar-refractivity contribution in [3.8, 4) is 11.5 Å². The Bertz CT molecular complexity index is 743. The maximum absolute atomic E-state index is 9.40. The first kappa shape index (κ1) is 10.1. The van der Waals surface area contributed by atoms with E-state index in [9.17, 15) is 10.2 Å². The number of phenols is 2. The standard InChI is InChI=1S/C12H7ClN2O2/c13-6-1-2-7-8(3-6)15-10-5-12(17)11(16)4-9(10)14-7/h1-5,16-17H. The predicted octanol–water partition coefficient (Wildman–Crippen LogP) is 2.85. The molecule has 0 saturated heterocycles. The summed E-state index contributed by atoms with van der Waals surface area (Å²) < 4.78 is 0. The van der Waals surface area contributed by atoms with Gasteiger partial charge in [-0.3, -0.25) is 0 Å². The van der Waals surface area contributed by atoms with E-state index < -0.39 is 0 Å². The van der Waals surface area contributed by atoms with Crippen LogP contribution in [0.25, 0.3) is 22.1 Å². The summed E-state index contributed by atoms with van der Waals surface area (Å²) in [5.74, 6) is -0.423. The topological polar surface area (TPSA) is 66.2 Å². The SMILES string of the molecule is Oc1cc2nc3ccc(Cl)cc3nc2cc1O. The molecule has 0 aliphatic rings. The van der Waals surface area contributed by atoms with Crippen LogP contribution in [-0.4, -0.2) is 20.2 Å². The van der Waals surface area contributed by atoms with Crippen LogP contribution in [0.1, 0.15) is 0 Å². The highest BCUT2D eigenvalue weighted by Gasteiger charge is 2.06. The molecule has 2 N–H and O–H groups in total. The molecule has 0 aliphatic heterocycles. The lowest BCUT2D eigenvalue weighted by molar-refractivity contribution is 0.404. The second-order valence-corrected chi connectivity index (χ2v) is 4.12. The predicted molar refractivity (Wildman–Crippen MR) is 65.4 cm³/mol. The van der Waals surface area contributed by atoms with Crippen molar-refractivity contribution < 1.29 is 10.2 Å². The number of aromatic nitrogens is 2. The molecule has 0 unspecified atom stereocenters. The van der Waals surface area contributed by atoms with E-state index in [1.54, 1.807) is 18.2 Å². The number of halogens is 1. The largest absolute Gasteiger partial charge is 0.504 e. The van der Waals surface area contributed by atoms with Gasteiger partial charge in [-0.25, -0.2) is 9.97 Å². The third-order valence-electron chi connectivity index (χ3n) is 2.49. The lowest BCUT2D eigenvalue weighted by Gasteiger charge is -2.03. The fourth-order valence-corrected chi connectivity index (χ4v) is 1.84. The van der Waals surface area contributed by atoms with E-state index in [0.29, 0.717) is 27.1 Å². The highest BCUT2D eigenvalue weighted by Crippen LogP contribution is 2.29. The number of hydrogen-bond acceptors (Lipinski definition) is 4. The van der Waals surface area contributed by atoms with Crippen LogP contribution in [0, 0.1) is 0 Å². The minimum atomic E-state index is -0.215. The van der Waals surface area contributed by atoms with Crippen LogP contribution in [0.2, 0.25) is 5.02 Å². The van der Waals surface area contributed by atoms with Gasteiger partial charge in [0.1, 0.15) is 0 Å². The Morgan fingerprint density at radius 1 is 0.765 bits per heavy atom. The summed E-state index contributed by atoms with van der Waals surface area (Å²) in [5.41, 5.74) is 2.37. The lowest BCUT2D eigenvalue weighted by atomic mass is 10.2. The van der Waals surface area contributed by atoms with Gasteiger partial charge < -0.3 is 10.2 Å². The van der Waals surface area contributed by atoms with Gasteiger partial charge in [-0.1, -0.05) is 11.6 Å². The Morgan fingerprint density at radius 3 is 1.94 bits per heavy atom. The Kier molecular flexibility index (Phi) is 2.06. The number of benzene rings is 2. The summed E-state index contributed by atoms with van der Waals surface area (Å²) in [6.07, 6.45) is 0. The van der Waals surface area contributed by atoms with Crippen molar-refractivity contribution in [2.45, 2.75) is 0 Å². The molecule has 1 aromatic heterocycles. The number of aromatic hydroxyl groups is 2. The fourth-order valence-electron chi connectivity index (χ4n) is 1.67. The maximum Gasteiger partial charge on any atom is 0.159 e. The smallest absolute Gasteiger partial charge is 0.159 e. The molecule has 3 aromatic rings. The maximum atomic E-state index is 9.40. The number of nitrogens with zero attached hydrogens (tertiary/aromatic N) is 2. The van der Waals surface area contributed by atoms with Gasteiger partial charge in [0.15, 0.2) is 11.5 Å². The van der Waals surface area contributed by atoms with Gasteiger partial charge in [0.05, 0.1) is 22.1 Å². The molecule has 0 saturated carbocycles. The minimum Gasteiger partial charge on any atom is -0.504 e. The molecule has 4 nitrogen and oxygen atoms in total. The molecule has 5 heteroatoms. The van der Waals surface area contributed by atoms with Crippen LogP contribution in [0.15, 0.2) is 30.3 Å². The first-order valence-electron chi connectivity index (χ1n) is 4.92. The molecule has 0 spiro atoms. The van der Waals surface area contributed by atoms with Crippen LogP contribution in [0.5, 0.6) is 11.5 Å². The van der Waals surface area contributed by atoms with Gasteiger partial charge in [-0.15, -0.1) is 0 Å².